The summed E-state index contributed by atoms with van der Waals surface area (Å²) in [4.78, 5) is 33.7. The van der Waals surface area contributed by atoms with Crippen LogP contribution in [0.25, 0.3) is 11.2 Å². The van der Waals surface area contributed by atoms with Crippen molar-refractivity contribution in [1.29, 1.82) is 0 Å². The standard InChI is InChI=1S/C21H31ClN5O6P/c22-20-24-17(26-9-8-21(11-26)6-2-1-3-7-21)14-18(25-20)27(12-23-14)19-16(29)15(28)13(33-19)5-4-10-34(30,31)32/h12-13,15-16,19,28-29H,1-11H2,(H2,30,31,32)/t13-,15?,16?,19-/m1/s1. The summed E-state index contributed by atoms with van der Waals surface area (Å²) in [6.07, 6.45) is 4.74. The maximum atomic E-state index is 11.1. The van der Waals surface area contributed by atoms with E-state index in [2.05, 4.69) is 19.9 Å². The van der Waals surface area contributed by atoms with Crippen molar-refractivity contribution in [1.82, 2.24) is 19.5 Å². The minimum absolute atomic E-state index is 0.0695. The molecule has 2 aromatic heterocycles. The van der Waals surface area contributed by atoms with Crippen molar-refractivity contribution in [2.24, 2.45) is 5.41 Å². The number of aliphatic hydroxyl groups is 2. The number of halogens is 1. The average Bonchev–Trinajstić information content (AvgIpc) is 3.45. The van der Waals surface area contributed by atoms with Crippen LogP contribution in [0.2, 0.25) is 5.28 Å². The third kappa shape index (κ3) is 4.72. The highest BCUT2D eigenvalue weighted by Gasteiger charge is 2.45. The number of nitrogens with zero attached hydrogens (tertiary/aromatic N) is 5. The van der Waals surface area contributed by atoms with Gasteiger partial charge >= 0.3 is 7.60 Å². The summed E-state index contributed by atoms with van der Waals surface area (Å²) in [7, 11) is -4.14. The zero-order valence-electron chi connectivity index (χ0n) is 18.8. The van der Waals surface area contributed by atoms with Gasteiger partial charge in [0.05, 0.1) is 12.4 Å². The van der Waals surface area contributed by atoms with Gasteiger partial charge in [-0.1, -0.05) is 19.3 Å². The second-order valence-electron chi connectivity index (χ2n) is 9.95. The van der Waals surface area contributed by atoms with Gasteiger partial charge in [-0.05, 0) is 49.1 Å². The molecule has 1 saturated carbocycles. The predicted octanol–water partition coefficient (Wildman–Crippen LogP) is 2.22. The van der Waals surface area contributed by atoms with Gasteiger partial charge < -0.3 is 29.6 Å². The largest absolute Gasteiger partial charge is 0.388 e. The van der Waals surface area contributed by atoms with Crippen LogP contribution in [0.1, 0.15) is 57.6 Å². The quantitative estimate of drug-likeness (QED) is 0.332. The fourth-order valence-corrected chi connectivity index (χ4v) is 6.56. The fraction of sp³-hybridized carbons (Fsp3) is 0.762. The molecule has 0 radical (unpaired) electrons. The molecule has 0 amide bonds. The van der Waals surface area contributed by atoms with Gasteiger partial charge in [-0.15, -0.1) is 0 Å². The van der Waals surface area contributed by atoms with E-state index in [0.717, 1.165) is 19.5 Å². The maximum absolute atomic E-state index is 11.1. The van der Waals surface area contributed by atoms with Crippen LogP contribution >= 0.6 is 19.2 Å². The minimum atomic E-state index is -4.14. The molecule has 11 nitrogen and oxygen atoms in total. The molecule has 34 heavy (non-hydrogen) atoms. The van der Waals surface area contributed by atoms with Gasteiger partial charge in [-0.25, -0.2) is 4.98 Å². The molecule has 13 heteroatoms. The Bertz CT molecular complexity index is 1090. The van der Waals surface area contributed by atoms with Crippen LogP contribution in [0.3, 0.4) is 0 Å². The Labute approximate surface area is 202 Å². The Hall–Kier alpha value is -1.33. The molecule has 2 aliphatic heterocycles. The third-order valence-corrected chi connectivity index (χ3v) is 8.65. The summed E-state index contributed by atoms with van der Waals surface area (Å²) < 4.78 is 18.6. The molecular weight excluding hydrogens is 485 g/mol. The second-order valence-corrected chi connectivity index (χ2v) is 12.1. The Morgan fingerprint density at radius 2 is 1.91 bits per heavy atom. The van der Waals surface area contributed by atoms with Gasteiger partial charge in [0.15, 0.2) is 23.2 Å². The van der Waals surface area contributed by atoms with Crippen molar-refractivity contribution in [2.75, 3.05) is 24.2 Å². The summed E-state index contributed by atoms with van der Waals surface area (Å²) in [5, 5.41) is 21.2. The molecule has 4 heterocycles. The molecule has 188 valence electrons. The molecule has 3 aliphatic rings. The first kappa shape index (κ1) is 24.4. The van der Waals surface area contributed by atoms with Crippen molar-refractivity contribution < 1.29 is 29.3 Å². The van der Waals surface area contributed by atoms with Crippen molar-refractivity contribution >= 4 is 36.2 Å². The third-order valence-electron chi connectivity index (χ3n) is 7.58. The van der Waals surface area contributed by atoms with Crippen LogP contribution in [0.5, 0.6) is 0 Å². The Morgan fingerprint density at radius 3 is 2.65 bits per heavy atom. The van der Waals surface area contributed by atoms with Gasteiger partial charge in [-0.3, -0.25) is 9.13 Å². The molecule has 1 spiro atoms. The number of ether oxygens (including phenoxy) is 1. The lowest BCUT2D eigenvalue weighted by Crippen LogP contribution is -2.31. The van der Waals surface area contributed by atoms with Crippen LogP contribution in [0, 0.1) is 5.41 Å². The highest BCUT2D eigenvalue weighted by atomic mass is 35.5. The number of hydrogen-bond acceptors (Lipinski definition) is 8. The summed E-state index contributed by atoms with van der Waals surface area (Å²) >= 11 is 6.30. The molecule has 2 unspecified atom stereocenters. The van der Waals surface area contributed by atoms with Gasteiger partial charge in [0, 0.05) is 19.3 Å². The second kappa shape index (κ2) is 9.28. The number of aliphatic hydroxyl groups excluding tert-OH is 2. The first-order valence-electron chi connectivity index (χ1n) is 11.9. The molecule has 4 atom stereocenters. The van der Waals surface area contributed by atoms with E-state index in [4.69, 9.17) is 26.1 Å². The van der Waals surface area contributed by atoms with E-state index in [1.165, 1.54) is 38.4 Å². The van der Waals surface area contributed by atoms with Crippen molar-refractivity contribution in [3.63, 3.8) is 0 Å². The van der Waals surface area contributed by atoms with E-state index in [9.17, 15) is 14.8 Å². The SMILES string of the molecule is O=P(O)(O)CCC[C@H]1O[C@@H](n2cnc3c(N4CCC5(CCCCC5)C4)nc(Cl)nc32)C(O)C1O. The number of aromatic nitrogens is 4. The molecule has 5 rings (SSSR count). The smallest absolute Gasteiger partial charge is 0.325 e. The van der Waals surface area contributed by atoms with Gasteiger partial charge in [-0.2, -0.15) is 9.97 Å². The number of hydrogen-bond donors (Lipinski definition) is 4. The first-order valence-corrected chi connectivity index (χ1v) is 14.0. The van der Waals surface area contributed by atoms with Gasteiger partial charge in [0.1, 0.15) is 12.2 Å². The first-order chi connectivity index (χ1) is 16.2. The Morgan fingerprint density at radius 1 is 1.15 bits per heavy atom. The normalized spacial score (nSPS) is 29.5. The van der Waals surface area contributed by atoms with E-state index in [1.807, 2.05) is 0 Å². The highest BCUT2D eigenvalue weighted by Crippen LogP contribution is 2.45. The highest BCUT2D eigenvalue weighted by molar-refractivity contribution is 7.51. The van der Waals surface area contributed by atoms with E-state index < -0.39 is 32.1 Å². The minimum Gasteiger partial charge on any atom is -0.388 e. The zero-order chi connectivity index (χ0) is 24.1. The maximum Gasteiger partial charge on any atom is 0.325 e. The zero-order valence-corrected chi connectivity index (χ0v) is 20.5. The van der Waals surface area contributed by atoms with Crippen LogP contribution in [0.4, 0.5) is 5.82 Å². The van der Waals surface area contributed by atoms with E-state index in [0.29, 0.717) is 22.4 Å². The molecule has 0 aromatic carbocycles. The van der Waals surface area contributed by atoms with E-state index in [-0.39, 0.29) is 24.3 Å². The summed E-state index contributed by atoms with van der Waals surface area (Å²) in [6, 6.07) is 0. The lowest BCUT2D eigenvalue weighted by molar-refractivity contribution is -0.0370. The number of fused-ring (bicyclic) bond motifs is 1. The molecule has 4 N–H and O–H groups in total. The number of anilines is 1. The van der Waals surface area contributed by atoms with Crippen molar-refractivity contribution in [3.05, 3.63) is 11.6 Å². The van der Waals surface area contributed by atoms with Crippen LogP contribution in [-0.4, -0.2) is 77.1 Å². The summed E-state index contributed by atoms with van der Waals surface area (Å²) in [6.45, 7) is 1.78. The lowest BCUT2D eigenvalue weighted by Gasteiger charge is -2.33. The Balaban J connectivity index is 1.38. The summed E-state index contributed by atoms with van der Waals surface area (Å²) in [5.41, 5.74) is 1.29. The topological polar surface area (TPSA) is 154 Å². The van der Waals surface area contributed by atoms with Crippen LogP contribution in [0.15, 0.2) is 6.33 Å². The predicted molar refractivity (Wildman–Crippen MR) is 125 cm³/mol. The average molecular weight is 516 g/mol. The van der Waals surface area contributed by atoms with Crippen LogP contribution in [-0.2, 0) is 9.30 Å². The van der Waals surface area contributed by atoms with Gasteiger partial charge in [0.2, 0.25) is 5.28 Å². The van der Waals surface area contributed by atoms with E-state index in [1.54, 1.807) is 4.57 Å². The van der Waals surface area contributed by atoms with Crippen molar-refractivity contribution in [3.8, 4) is 0 Å². The number of rotatable bonds is 6. The van der Waals surface area contributed by atoms with Gasteiger partial charge in [0.25, 0.3) is 0 Å². The molecule has 1 aliphatic carbocycles. The molecule has 2 aromatic rings. The van der Waals surface area contributed by atoms with Crippen molar-refractivity contribution in [2.45, 2.75) is 75.9 Å². The molecule has 3 fully saturated rings. The number of imidazole rings is 1. The Kier molecular flexibility index (Phi) is 6.65. The van der Waals surface area contributed by atoms with Crippen LogP contribution < -0.4 is 4.90 Å². The molecular formula is C21H31ClN5O6P. The fourth-order valence-electron chi connectivity index (χ4n) is 5.80. The monoisotopic (exact) mass is 515 g/mol. The lowest BCUT2D eigenvalue weighted by atomic mass is 9.73. The molecule has 0 bridgehead atoms. The molecule has 2 saturated heterocycles. The summed E-state index contributed by atoms with van der Waals surface area (Å²) in [5.74, 6) is 0.669. The van der Waals surface area contributed by atoms with E-state index >= 15 is 0 Å².